The molecule has 0 bridgehead atoms. The second-order valence-electron chi connectivity index (χ2n) is 3.40. The molecule has 5 heteroatoms. The fourth-order valence-electron chi connectivity index (χ4n) is 1.38. The van der Waals surface area contributed by atoms with Crippen LogP contribution in [-0.4, -0.2) is 16.7 Å². The summed E-state index contributed by atoms with van der Waals surface area (Å²) < 4.78 is 4.64. The lowest BCUT2D eigenvalue weighted by Crippen LogP contribution is -2.17. The lowest BCUT2D eigenvalue weighted by Gasteiger charge is -2.03. The third kappa shape index (κ3) is 3.32. The van der Waals surface area contributed by atoms with E-state index in [4.69, 9.17) is 11.6 Å². The van der Waals surface area contributed by atoms with Crippen molar-refractivity contribution in [3.05, 3.63) is 47.1 Å². The molecule has 0 fully saturated rings. The minimum Gasteiger partial charge on any atom is -0.343 e. The van der Waals surface area contributed by atoms with Crippen molar-refractivity contribution < 1.29 is 4.52 Å². The molecule has 16 heavy (non-hydrogen) atoms. The Hall–Kier alpha value is -1.39. The number of nitrogens with zero attached hydrogens (tertiary/aromatic N) is 2. The first-order chi connectivity index (χ1) is 7.84. The zero-order valence-corrected chi connectivity index (χ0v) is 9.44. The predicted molar refractivity (Wildman–Crippen MR) is 61.2 cm³/mol. The summed E-state index contributed by atoms with van der Waals surface area (Å²) in [6.07, 6.45) is 2.10. The van der Waals surface area contributed by atoms with Gasteiger partial charge >= 0.3 is 0 Å². The lowest BCUT2D eigenvalue weighted by atomic mass is 10.2. The van der Waals surface area contributed by atoms with Crippen molar-refractivity contribution in [3.8, 4) is 0 Å². The largest absolute Gasteiger partial charge is 0.343 e. The van der Waals surface area contributed by atoms with E-state index in [1.54, 1.807) is 0 Å². The molecular formula is C11H12ClN3O. The van der Waals surface area contributed by atoms with Crippen molar-refractivity contribution in [1.29, 1.82) is 0 Å². The number of aromatic nitrogens is 2. The molecule has 0 radical (unpaired) electrons. The van der Waals surface area contributed by atoms with Crippen LogP contribution in [-0.2, 0) is 13.0 Å². The molecule has 0 saturated heterocycles. The number of nitrogens with one attached hydrogen (secondary N) is 1. The van der Waals surface area contributed by atoms with Crippen molar-refractivity contribution >= 4 is 11.6 Å². The van der Waals surface area contributed by atoms with Gasteiger partial charge in [0.2, 0.25) is 6.39 Å². The highest BCUT2D eigenvalue weighted by molar-refractivity contribution is 6.30. The molecule has 0 amide bonds. The maximum Gasteiger partial charge on any atom is 0.213 e. The second-order valence-corrected chi connectivity index (χ2v) is 3.84. The van der Waals surface area contributed by atoms with Gasteiger partial charge in [-0.25, -0.2) is 0 Å². The van der Waals surface area contributed by atoms with E-state index in [1.165, 1.54) is 12.0 Å². The molecule has 2 rings (SSSR count). The van der Waals surface area contributed by atoms with E-state index in [9.17, 15) is 0 Å². The number of halogens is 1. The normalized spacial score (nSPS) is 10.6. The molecule has 1 heterocycles. The first-order valence-electron chi connectivity index (χ1n) is 5.05. The van der Waals surface area contributed by atoms with Crippen LogP contribution in [0.15, 0.2) is 35.2 Å². The van der Waals surface area contributed by atoms with Gasteiger partial charge in [0.1, 0.15) is 0 Å². The molecule has 0 unspecified atom stereocenters. The molecule has 0 atom stereocenters. The van der Waals surface area contributed by atoms with Crippen LogP contribution in [0.1, 0.15) is 11.4 Å². The van der Waals surface area contributed by atoms with E-state index in [1.807, 2.05) is 24.3 Å². The van der Waals surface area contributed by atoms with Gasteiger partial charge in [-0.2, -0.15) is 4.98 Å². The Kier molecular flexibility index (Phi) is 3.91. The van der Waals surface area contributed by atoms with Gasteiger partial charge in [0.15, 0.2) is 5.82 Å². The zero-order chi connectivity index (χ0) is 11.2. The summed E-state index contributed by atoms with van der Waals surface area (Å²) in [7, 11) is 0. The van der Waals surface area contributed by atoms with Gasteiger partial charge in [0.25, 0.3) is 0 Å². The molecule has 0 spiro atoms. The highest BCUT2D eigenvalue weighted by Gasteiger charge is 1.98. The summed E-state index contributed by atoms with van der Waals surface area (Å²) in [6, 6.07) is 7.79. The average molecular weight is 238 g/mol. The summed E-state index contributed by atoms with van der Waals surface area (Å²) in [5.74, 6) is 0.721. The maximum absolute atomic E-state index is 5.88. The molecule has 0 aliphatic carbocycles. The molecule has 1 aromatic heterocycles. The number of benzene rings is 1. The van der Waals surface area contributed by atoms with Crippen molar-refractivity contribution in [2.75, 3.05) is 6.54 Å². The lowest BCUT2D eigenvalue weighted by molar-refractivity contribution is 0.409. The average Bonchev–Trinajstić information content (AvgIpc) is 2.77. The Morgan fingerprint density at radius 1 is 1.38 bits per heavy atom. The van der Waals surface area contributed by atoms with E-state index < -0.39 is 0 Å². The minimum absolute atomic E-state index is 0.721. The first-order valence-corrected chi connectivity index (χ1v) is 5.43. The standard InChI is InChI=1S/C11H12ClN3O/c12-10-3-1-2-9(6-10)7-13-5-4-11-14-8-16-15-11/h1-3,6,8,13H,4-5,7H2. The highest BCUT2D eigenvalue weighted by Crippen LogP contribution is 2.10. The van der Waals surface area contributed by atoms with E-state index in [2.05, 4.69) is 20.0 Å². The number of rotatable bonds is 5. The van der Waals surface area contributed by atoms with Gasteiger partial charge in [0, 0.05) is 24.5 Å². The summed E-state index contributed by atoms with van der Waals surface area (Å²) in [5.41, 5.74) is 1.17. The summed E-state index contributed by atoms with van der Waals surface area (Å²) >= 11 is 5.88. The molecule has 0 aliphatic heterocycles. The van der Waals surface area contributed by atoms with Gasteiger partial charge in [-0.15, -0.1) is 0 Å². The molecular weight excluding hydrogens is 226 g/mol. The van der Waals surface area contributed by atoms with Gasteiger partial charge in [0.05, 0.1) is 0 Å². The van der Waals surface area contributed by atoms with Gasteiger partial charge in [-0.05, 0) is 17.7 Å². The van der Waals surface area contributed by atoms with Crippen LogP contribution in [0.2, 0.25) is 5.02 Å². The van der Waals surface area contributed by atoms with Gasteiger partial charge < -0.3 is 9.84 Å². The summed E-state index contributed by atoms with van der Waals surface area (Å²) in [6.45, 7) is 1.60. The predicted octanol–water partition coefficient (Wildman–Crippen LogP) is 2.06. The van der Waals surface area contributed by atoms with Crippen LogP contribution < -0.4 is 5.32 Å². The Bertz CT molecular complexity index is 431. The van der Waals surface area contributed by atoms with E-state index in [-0.39, 0.29) is 0 Å². The Labute approximate surface area is 98.6 Å². The van der Waals surface area contributed by atoms with Gasteiger partial charge in [-0.1, -0.05) is 28.9 Å². The molecule has 0 aliphatic rings. The van der Waals surface area contributed by atoms with E-state index >= 15 is 0 Å². The Morgan fingerprint density at radius 3 is 3.06 bits per heavy atom. The summed E-state index contributed by atoms with van der Waals surface area (Å²) in [5, 5.41) is 7.78. The topological polar surface area (TPSA) is 51.0 Å². The highest BCUT2D eigenvalue weighted by atomic mass is 35.5. The van der Waals surface area contributed by atoms with Crippen LogP contribution in [0, 0.1) is 0 Å². The molecule has 0 saturated carbocycles. The Morgan fingerprint density at radius 2 is 2.31 bits per heavy atom. The molecule has 2 aromatic rings. The van der Waals surface area contributed by atoms with Crippen molar-refractivity contribution in [3.63, 3.8) is 0 Å². The molecule has 84 valence electrons. The Balaban J connectivity index is 1.72. The third-order valence-corrected chi connectivity index (χ3v) is 2.39. The van der Waals surface area contributed by atoms with Crippen molar-refractivity contribution in [1.82, 2.24) is 15.5 Å². The zero-order valence-electron chi connectivity index (χ0n) is 8.69. The van der Waals surface area contributed by atoms with Crippen LogP contribution in [0.4, 0.5) is 0 Å². The smallest absolute Gasteiger partial charge is 0.213 e. The van der Waals surface area contributed by atoms with Crippen LogP contribution >= 0.6 is 11.6 Å². The fourth-order valence-corrected chi connectivity index (χ4v) is 1.60. The van der Waals surface area contributed by atoms with Crippen molar-refractivity contribution in [2.24, 2.45) is 0 Å². The molecule has 1 aromatic carbocycles. The van der Waals surface area contributed by atoms with E-state index in [0.717, 1.165) is 30.4 Å². The first kappa shape index (κ1) is 11.1. The maximum atomic E-state index is 5.88. The van der Waals surface area contributed by atoms with Gasteiger partial charge in [-0.3, -0.25) is 0 Å². The summed E-state index contributed by atoms with van der Waals surface area (Å²) in [4.78, 5) is 3.94. The van der Waals surface area contributed by atoms with Crippen LogP contribution in [0.5, 0.6) is 0 Å². The minimum atomic E-state index is 0.721. The van der Waals surface area contributed by atoms with E-state index in [0.29, 0.717) is 0 Å². The number of hydrogen-bond donors (Lipinski definition) is 1. The second kappa shape index (κ2) is 5.63. The number of hydrogen-bond acceptors (Lipinski definition) is 4. The molecule has 1 N–H and O–H groups in total. The molecule has 4 nitrogen and oxygen atoms in total. The fraction of sp³-hybridized carbons (Fsp3) is 0.273. The van der Waals surface area contributed by atoms with Crippen molar-refractivity contribution in [2.45, 2.75) is 13.0 Å². The monoisotopic (exact) mass is 237 g/mol. The third-order valence-electron chi connectivity index (χ3n) is 2.15. The van der Waals surface area contributed by atoms with Crippen LogP contribution in [0.3, 0.4) is 0 Å². The quantitative estimate of drug-likeness (QED) is 0.809. The SMILES string of the molecule is Clc1cccc(CNCCc2ncon2)c1. The van der Waals surface area contributed by atoms with Crippen LogP contribution in [0.25, 0.3) is 0 Å².